The first-order valence-corrected chi connectivity index (χ1v) is 9.03. The third-order valence-corrected chi connectivity index (χ3v) is 4.97. The van der Waals surface area contributed by atoms with E-state index in [2.05, 4.69) is 10.7 Å². The molecule has 1 aromatic rings. The number of carbonyl (C=O) groups excluding carboxylic acids is 2. The first-order valence-electron chi connectivity index (χ1n) is 9.03. The third kappa shape index (κ3) is 5.71. The molecule has 1 saturated carbocycles. The van der Waals surface area contributed by atoms with Crippen molar-refractivity contribution < 1.29 is 33.1 Å². The molecule has 1 aromatic carbocycles. The van der Waals surface area contributed by atoms with E-state index in [-0.39, 0.29) is 18.9 Å². The molecule has 8 heteroatoms. The molecule has 2 unspecified atom stereocenters. The van der Waals surface area contributed by atoms with Crippen molar-refractivity contribution in [2.24, 2.45) is 17.7 Å². The molecule has 2 rings (SSSR count). The Bertz CT molecular complexity index is 620. The number of aliphatic hydroxyl groups is 1. The van der Waals surface area contributed by atoms with Crippen molar-refractivity contribution >= 4 is 11.9 Å². The number of esters is 1. The van der Waals surface area contributed by atoms with Gasteiger partial charge in [0.05, 0.1) is 5.92 Å². The standard InChI is InChI=1S/C19H25F2NO5/c20-19(21,18(25)27-22)16(23)15(11-13-7-3-1-4-8-13)17(24)26-12-14-9-5-2-6-10-14/h2,5-6,9-10,13,15-16,23H,1,3-4,7-8,11-12,22H2. The van der Waals surface area contributed by atoms with Crippen LogP contribution in [0.5, 0.6) is 0 Å². The number of rotatable bonds is 8. The normalized spacial score (nSPS) is 17.8. The Kier molecular flexibility index (Phi) is 7.67. The predicted molar refractivity (Wildman–Crippen MR) is 92.2 cm³/mol. The van der Waals surface area contributed by atoms with Crippen LogP contribution in [0.15, 0.2) is 30.3 Å². The number of aliphatic hydroxyl groups excluding tert-OH is 1. The Labute approximate surface area is 156 Å². The Morgan fingerprint density at radius 1 is 1.19 bits per heavy atom. The number of hydrogen-bond donors (Lipinski definition) is 2. The minimum Gasteiger partial charge on any atom is -0.461 e. The van der Waals surface area contributed by atoms with E-state index in [0.29, 0.717) is 5.56 Å². The quantitative estimate of drug-likeness (QED) is 0.527. The number of hydrogen-bond acceptors (Lipinski definition) is 6. The summed E-state index contributed by atoms with van der Waals surface area (Å²) in [6.45, 7) is -0.111. The van der Waals surface area contributed by atoms with Gasteiger partial charge in [-0.25, -0.2) is 4.79 Å². The second-order valence-electron chi connectivity index (χ2n) is 6.91. The van der Waals surface area contributed by atoms with Crippen molar-refractivity contribution in [3.05, 3.63) is 35.9 Å². The molecule has 0 aliphatic heterocycles. The maximum Gasteiger partial charge on any atom is 0.398 e. The molecule has 150 valence electrons. The molecule has 0 saturated heterocycles. The van der Waals surface area contributed by atoms with Gasteiger partial charge in [-0.15, -0.1) is 0 Å². The molecule has 3 N–H and O–H groups in total. The largest absolute Gasteiger partial charge is 0.461 e. The summed E-state index contributed by atoms with van der Waals surface area (Å²) in [5, 5.41) is 10.1. The van der Waals surface area contributed by atoms with E-state index in [4.69, 9.17) is 4.74 Å². The lowest BCUT2D eigenvalue weighted by Gasteiger charge is -2.30. The molecule has 0 heterocycles. The monoisotopic (exact) mass is 385 g/mol. The molecule has 0 spiro atoms. The maximum atomic E-state index is 14.1. The Hall–Kier alpha value is -2.06. The van der Waals surface area contributed by atoms with Crippen molar-refractivity contribution in [2.75, 3.05) is 0 Å². The summed E-state index contributed by atoms with van der Waals surface area (Å²) >= 11 is 0. The highest BCUT2D eigenvalue weighted by molar-refractivity contribution is 5.80. The summed E-state index contributed by atoms with van der Waals surface area (Å²) in [7, 11) is 0. The molecular formula is C19H25F2NO5. The molecule has 6 nitrogen and oxygen atoms in total. The zero-order valence-electron chi connectivity index (χ0n) is 15.0. The van der Waals surface area contributed by atoms with Gasteiger partial charge < -0.3 is 14.7 Å². The first-order chi connectivity index (χ1) is 12.9. The molecular weight excluding hydrogens is 360 g/mol. The minimum atomic E-state index is -4.31. The average Bonchev–Trinajstić information content (AvgIpc) is 2.70. The molecule has 1 aliphatic carbocycles. The number of halogens is 2. The van der Waals surface area contributed by atoms with Crippen LogP contribution in [0.1, 0.15) is 44.1 Å². The van der Waals surface area contributed by atoms with E-state index in [1.54, 1.807) is 30.3 Å². The second-order valence-corrected chi connectivity index (χ2v) is 6.91. The molecule has 2 atom stereocenters. The van der Waals surface area contributed by atoms with Gasteiger partial charge in [0.1, 0.15) is 12.7 Å². The van der Waals surface area contributed by atoms with E-state index in [0.717, 1.165) is 32.1 Å². The van der Waals surface area contributed by atoms with Crippen LogP contribution in [0, 0.1) is 11.8 Å². The highest BCUT2D eigenvalue weighted by Gasteiger charge is 2.54. The van der Waals surface area contributed by atoms with E-state index < -0.39 is 29.9 Å². The van der Waals surface area contributed by atoms with Crippen molar-refractivity contribution in [1.82, 2.24) is 0 Å². The summed E-state index contributed by atoms with van der Waals surface area (Å²) in [5.41, 5.74) is 0.685. The van der Waals surface area contributed by atoms with Crippen molar-refractivity contribution in [2.45, 2.75) is 57.2 Å². The number of nitrogens with two attached hydrogens (primary N) is 1. The zero-order valence-corrected chi connectivity index (χ0v) is 15.0. The number of carbonyl (C=O) groups is 2. The molecule has 0 radical (unpaired) electrons. The number of alkyl halides is 2. The van der Waals surface area contributed by atoms with E-state index in [1.807, 2.05) is 0 Å². The summed E-state index contributed by atoms with van der Waals surface area (Å²) in [4.78, 5) is 27.3. The van der Waals surface area contributed by atoms with Gasteiger partial charge in [-0.05, 0) is 17.9 Å². The summed E-state index contributed by atoms with van der Waals surface area (Å²) in [6.07, 6.45) is 1.94. The zero-order chi connectivity index (χ0) is 19.9. The van der Waals surface area contributed by atoms with Gasteiger partial charge in [0.15, 0.2) is 0 Å². The van der Waals surface area contributed by atoms with Gasteiger partial charge >= 0.3 is 17.9 Å². The van der Waals surface area contributed by atoms with Gasteiger partial charge in [-0.1, -0.05) is 62.4 Å². The minimum absolute atomic E-state index is 0.00683. The molecule has 0 bridgehead atoms. The fourth-order valence-electron chi connectivity index (χ4n) is 3.42. The summed E-state index contributed by atoms with van der Waals surface area (Å²) in [5.74, 6) is -4.37. The van der Waals surface area contributed by atoms with Crippen LogP contribution < -0.4 is 5.90 Å². The van der Waals surface area contributed by atoms with Crippen molar-refractivity contribution in [3.63, 3.8) is 0 Å². The lowest BCUT2D eigenvalue weighted by molar-refractivity contribution is -0.200. The van der Waals surface area contributed by atoms with Crippen LogP contribution in [0.3, 0.4) is 0 Å². The van der Waals surface area contributed by atoms with Gasteiger partial charge in [-0.3, -0.25) is 4.79 Å². The fourth-order valence-corrected chi connectivity index (χ4v) is 3.42. The van der Waals surface area contributed by atoms with Crippen LogP contribution in [-0.2, 0) is 25.8 Å². The second kappa shape index (κ2) is 9.75. The van der Waals surface area contributed by atoms with Crippen LogP contribution in [0.4, 0.5) is 8.78 Å². The molecule has 0 amide bonds. The topological polar surface area (TPSA) is 98.9 Å². The SMILES string of the molecule is NOC(=O)C(F)(F)C(O)C(CC1CCCCC1)C(=O)OCc1ccccc1. The third-order valence-electron chi connectivity index (χ3n) is 4.97. The number of ether oxygens (including phenoxy) is 1. The lowest BCUT2D eigenvalue weighted by Crippen LogP contribution is -2.50. The average molecular weight is 385 g/mol. The first kappa shape index (κ1) is 21.2. The van der Waals surface area contributed by atoms with Crippen LogP contribution >= 0.6 is 0 Å². The Balaban J connectivity index is 2.12. The van der Waals surface area contributed by atoms with Crippen LogP contribution in [0.2, 0.25) is 0 Å². The van der Waals surface area contributed by atoms with E-state index in [9.17, 15) is 23.5 Å². The fraction of sp³-hybridized carbons (Fsp3) is 0.579. The van der Waals surface area contributed by atoms with Crippen LogP contribution in [0.25, 0.3) is 0 Å². The maximum absolute atomic E-state index is 14.1. The lowest BCUT2D eigenvalue weighted by atomic mass is 9.80. The Morgan fingerprint density at radius 3 is 2.41 bits per heavy atom. The Morgan fingerprint density at radius 2 is 1.81 bits per heavy atom. The van der Waals surface area contributed by atoms with Gasteiger partial charge in [-0.2, -0.15) is 14.7 Å². The molecule has 1 aliphatic rings. The van der Waals surface area contributed by atoms with E-state index >= 15 is 0 Å². The highest BCUT2D eigenvalue weighted by Crippen LogP contribution is 2.35. The highest BCUT2D eigenvalue weighted by atomic mass is 19.3. The molecule has 1 fully saturated rings. The smallest absolute Gasteiger partial charge is 0.398 e. The van der Waals surface area contributed by atoms with Crippen molar-refractivity contribution in [3.8, 4) is 0 Å². The van der Waals surface area contributed by atoms with Gasteiger partial charge in [0, 0.05) is 0 Å². The van der Waals surface area contributed by atoms with E-state index in [1.165, 1.54) is 0 Å². The summed E-state index contributed by atoms with van der Waals surface area (Å²) < 4.78 is 33.4. The van der Waals surface area contributed by atoms with Gasteiger partial charge in [0.25, 0.3) is 0 Å². The van der Waals surface area contributed by atoms with Gasteiger partial charge in [0.2, 0.25) is 0 Å². The predicted octanol–water partition coefficient (Wildman–Crippen LogP) is 2.73. The number of benzene rings is 1. The summed E-state index contributed by atoms with van der Waals surface area (Å²) in [6, 6.07) is 8.74. The van der Waals surface area contributed by atoms with Crippen molar-refractivity contribution in [1.29, 1.82) is 0 Å². The molecule has 0 aromatic heterocycles. The van der Waals surface area contributed by atoms with Crippen LogP contribution in [-0.4, -0.2) is 29.1 Å². The molecule has 27 heavy (non-hydrogen) atoms.